The molecule has 0 bridgehead atoms. The summed E-state index contributed by atoms with van der Waals surface area (Å²) in [5.41, 5.74) is 2.06. The van der Waals surface area contributed by atoms with Gasteiger partial charge in [-0.2, -0.15) is 0 Å². The Labute approximate surface area is 201 Å². The first-order valence-corrected chi connectivity index (χ1v) is 13.6. The van der Waals surface area contributed by atoms with Gasteiger partial charge in [0.05, 0.1) is 17.8 Å². The molecule has 6 heteroatoms. The fraction of sp³-hybridized carbons (Fsp3) is 0.741. The normalized spacial score (nSPS) is 39.7. The summed E-state index contributed by atoms with van der Waals surface area (Å²) in [6.45, 7) is 7.19. The molecule has 3 saturated carbocycles. The molecule has 5 nitrogen and oxygen atoms in total. The molecule has 0 saturated heterocycles. The molecule has 5 rings (SSSR count). The minimum atomic E-state index is -0.951. The number of fused-ring (bicyclic) bond motifs is 5. The number of carboxylic acids is 1. The molecule has 2 unspecified atom stereocenters. The second-order valence-corrected chi connectivity index (χ2v) is 12.8. The van der Waals surface area contributed by atoms with Crippen molar-refractivity contribution in [2.75, 3.05) is 0 Å². The SMILES string of the molecule is Cc1cnc(C2CC[C@H]3[C@@H]4CC=C5CC(OC(=O)CCC(=O)O)CC[C@]5(C)[C@H]4CC[C@]23C)s1. The second kappa shape index (κ2) is 8.51. The number of thiazole rings is 1. The maximum atomic E-state index is 12.1. The molecular weight excluding hydrogens is 434 g/mol. The molecular formula is C27H37NO4S. The van der Waals surface area contributed by atoms with Gasteiger partial charge in [-0.05, 0) is 80.5 Å². The standard InChI is InChI=1S/C27H37NO4S/c1-16-15-28-25(33-16)22-7-6-20-19-5-4-17-14-18(32-24(31)9-8-23(29)30)10-12-26(17,2)21(19)11-13-27(20,22)3/h4,15,18-22H,5-14H2,1-3H3,(H,29,30)/t18?,19-,20-,21-,22?,26-,27-/m0/s1. The number of aromatic nitrogens is 1. The lowest BCUT2D eigenvalue weighted by Crippen LogP contribution is -2.50. The Bertz CT molecular complexity index is 969. The zero-order chi connectivity index (χ0) is 23.4. The third-order valence-corrected chi connectivity index (χ3v) is 10.9. The summed E-state index contributed by atoms with van der Waals surface area (Å²) < 4.78 is 5.67. The fourth-order valence-electron chi connectivity index (χ4n) is 8.12. The van der Waals surface area contributed by atoms with Crippen LogP contribution in [0.25, 0.3) is 0 Å². The summed E-state index contributed by atoms with van der Waals surface area (Å²) in [6, 6.07) is 0. The summed E-state index contributed by atoms with van der Waals surface area (Å²) in [6.07, 6.45) is 13.4. The van der Waals surface area contributed by atoms with Crippen molar-refractivity contribution in [3.63, 3.8) is 0 Å². The molecule has 0 amide bonds. The minimum Gasteiger partial charge on any atom is -0.481 e. The monoisotopic (exact) mass is 471 g/mol. The lowest BCUT2D eigenvalue weighted by atomic mass is 9.47. The van der Waals surface area contributed by atoms with E-state index in [9.17, 15) is 9.59 Å². The molecule has 1 aromatic rings. The van der Waals surface area contributed by atoms with Crippen molar-refractivity contribution >= 4 is 23.3 Å². The van der Waals surface area contributed by atoms with E-state index in [2.05, 4.69) is 26.8 Å². The van der Waals surface area contributed by atoms with Gasteiger partial charge in [0, 0.05) is 23.4 Å². The van der Waals surface area contributed by atoms with Crippen molar-refractivity contribution < 1.29 is 19.4 Å². The van der Waals surface area contributed by atoms with Crippen molar-refractivity contribution in [1.82, 2.24) is 4.98 Å². The van der Waals surface area contributed by atoms with Crippen LogP contribution in [0.5, 0.6) is 0 Å². The number of carboxylic acid groups (broad SMARTS) is 1. The Hall–Kier alpha value is -1.69. The number of hydrogen-bond acceptors (Lipinski definition) is 5. The average molecular weight is 472 g/mol. The Balaban J connectivity index is 1.30. The summed E-state index contributed by atoms with van der Waals surface area (Å²) >= 11 is 1.90. The zero-order valence-corrected chi connectivity index (χ0v) is 21.0. The zero-order valence-electron chi connectivity index (χ0n) is 20.1. The molecule has 0 aliphatic heterocycles. The van der Waals surface area contributed by atoms with Crippen LogP contribution in [0.4, 0.5) is 0 Å². The van der Waals surface area contributed by atoms with Crippen LogP contribution in [0.2, 0.25) is 0 Å². The van der Waals surface area contributed by atoms with Crippen molar-refractivity contribution in [2.24, 2.45) is 28.6 Å². The smallest absolute Gasteiger partial charge is 0.306 e. The van der Waals surface area contributed by atoms with E-state index in [1.165, 1.54) is 41.1 Å². The van der Waals surface area contributed by atoms with Crippen LogP contribution >= 0.6 is 11.3 Å². The maximum Gasteiger partial charge on any atom is 0.306 e. The van der Waals surface area contributed by atoms with Crippen LogP contribution in [-0.2, 0) is 14.3 Å². The maximum absolute atomic E-state index is 12.1. The first kappa shape index (κ1) is 23.1. The molecule has 7 atom stereocenters. The molecule has 1 N–H and O–H groups in total. The number of allylic oxidation sites excluding steroid dienone is 1. The Kier molecular flexibility index (Phi) is 5.95. The predicted octanol–water partition coefficient (Wildman–Crippen LogP) is 6.27. The molecule has 3 fully saturated rings. The molecule has 4 aliphatic rings. The number of carbonyl (C=O) groups excluding carboxylic acids is 1. The van der Waals surface area contributed by atoms with Crippen LogP contribution in [0.1, 0.15) is 93.9 Å². The number of esters is 1. The highest BCUT2D eigenvalue weighted by Crippen LogP contribution is 2.68. The molecule has 0 radical (unpaired) electrons. The molecule has 0 spiro atoms. The summed E-state index contributed by atoms with van der Waals surface area (Å²) in [5, 5.41) is 10.2. The fourth-order valence-corrected chi connectivity index (χ4v) is 9.19. The van der Waals surface area contributed by atoms with Crippen molar-refractivity contribution in [1.29, 1.82) is 0 Å². The van der Waals surface area contributed by atoms with E-state index in [1.807, 2.05) is 17.5 Å². The van der Waals surface area contributed by atoms with Crippen LogP contribution in [0.15, 0.2) is 17.8 Å². The van der Waals surface area contributed by atoms with Crippen molar-refractivity contribution in [2.45, 2.75) is 97.0 Å². The molecule has 33 heavy (non-hydrogen) atoms. The van der Waals surface area contributed by atoms with Gasteiger partial charge < -0.3 is 9.84 Å². The second-order valence-electron chi connectivity index (χ2n) is 11.5. The number of rotatable bonds is 5. The van der Waals surface area contributed by atoms with Crippen molar-refractivity contribution in [3.05, 3.63) is 27.7 Å². The van der Waals surface area contributed by atoms with Gasteiger partial charge in [-0.3, -0.25) is 9.59 Å². The van der Waals surface area contributed by atoms with Crippen LogP contribution in [0, 0.1) is 35.5 Å². The molecule has 4 aliphatic carbocycles. The van der Waals surface area contributed by atoms with Gasteiger partial charge in [0.1, 0.15) is 6.10 Å². The van der Waals surface area contributed by atoms with E-state index in [4.69, 9.17) is 14.8 Å². The van der Waals surface area contributed by atoms with Gasteiger partial charge in [0.25, 0.3) is 0 Å². The number of aryl methyl sites for hydroxylation is 1. The summed E-state index contributed by atoms with van der Waals surface area (Å²) in [4.78, 5) is 29.0. The summed E-state index contributed by atoms with van der Waals surface area (Å²) in [7, 11) is 0. The van der Waals surface area contributed by atoms with E-state index >= 15 is 0 Å². The summed E-state index contributed by atoms with van der Waals surface area (Å²) in [5.74, 6) is 1.53. The van der Waals surface area contributed by atoms with Crippen molar-refractivity contribution in [3.8, 4) is 0 Å². The number of nitrogens with zero attached hydrogens (tertiary/aromatic N) is 1. The lowest BCUT2D eigenvalue weighted by Gasteiger charge is -2.58. The van der Waals surface area contributed by atoms with Crippen LogP contribution in [0.3, 0.4) is 0 Å². The van der Waals surface area contributed by atoms with Crippen LogP contribution in [-0.4, -0.2) is 28.1 Å². The number of ether oxygens (including phenoxy) is 1. The van der Waals surface area contributed by atoms with Gasteiger partial charge >= 0.3 is 11.9 Å². The molecule has 1 heterocycles. The number of aliphatic carboxylic acids is 1. The van der Waals surface area contributed by atoms with Gasteiger partial charge in [-0.1, -0.05) is 25.5 Å². The Morgan fingerprint density at radius 3 is 2.70 bits per heavy atom. The third kappa shape index (κ3) is 3.96. The van der Waals surface area contributed by atoms with Crippen LogP contribution < -0.4 is 0 Å². The van der Waals surface area contributed by atoms with E-state index < -0.39 is 5.97 Å². The number of carbonyl (C=O) groups is 2. The topological polar surface area (TPSA) is 76.5 Å². The van der Waals surface area contributed by atoms with E-state index in [1.54, 1.807) is 0 Å². The Morgan fingerprint density at radius 1 is 1.15 bits per heavy atom. The predicted molar refractivity (Wildman–Crippen MR) is 128 cm³/mol. The molecule has 0 aromatic carbocycles. The van der Waals surface area contributed by atoms with Gasteiger partial charge in [0.2, 0.25) is 0 Å². The lowest BCUT2D eigenvalue weighted by molar-refractivity contribution is -0.154. The van der Waals surface area contributed by atoms with E-state index in [0.29, 0.717) is 11.3 Å². The largest absolute Gasteiger partial charge is 0.481 e. The highest BCUT2D eigenvalue weighted by molar-refractivity contribution is 7.11. The quantitative estimate of drug-likeness (QED) is 0.404. The Morgan fingerprint density at radius 2 is 1.97 bits per heavy atom. The molecule has 1 aromatic heterocycles. The molecule has 180 valence electrons. The first-order chi connectivity index (χ1) is 15.7. The number of hydrogen-bond donors (Lipinski definition) is 1. The van der Waals surface area contributed by atoms with E-state index in [-0.39, 0.29) is 30.3 Å². The third-order valence-electron chi connectivity index (χ3n) is 9.84. The average Bonchev–Trinajstić information content (AvgIpc) is 3.34. The van der Waals surface area contributed by atoms with Gasteiger partial charge in [-0.15, -0.1) is 11.3 Å². The first-order valence-electron chi connectivity index (χ1n) is 12.7. The minimum absolute atomic E-state index is 0.0348. The van der Waals surface area contributed by atoms with Gasteiger partial charge in [0.15, 0.2) is 0 Å². The van der Waals surface area contributed by atoms with Gasteiger partial charge in [-0.25, -0.2) is 4.98 Å². The van der Waals surface area contributed by atoms with E-state index in [0.717, 1.165) is 43.4 Å². The highest BCUT2D eigenvalue weighted by atomic mass is 32.1. The highest BCUT2D eigenvalue weighted by Gasteiger charge is 2.59.